The molecule has 0 saturated heterocycles. The molecule has 0 bridgehead atoms. The molecule has 5 nitrogen and oxygen atoms in total. The van der Waals surface area contributed by atoms with Crippen molar-refractivity contribution in [1.29, 1.82) is 0 Å². The summed E-state index contributed by atoms with van der Waals surface area (Å²) in [5.41, 5.74) is 4.12. The summed E-state index contributed by atoms with van der Waals surface area (Å²) >= 11 is 6.42. The van der Waals surface area contributed by atoms with Crippen LogP contribution in [-0.4, -0.2) is 46.0 Å². The molecule has 0 radical (unpaired) electrons. The van der Waals surface area contributed by atoms with Crippen molar-refractivity contribution in [2.75, 3.05) is 38.8 Å². The molecule has 1 heterocycles. The van der Waals surface area contributed by atoms with Gasteiger partial charge in [-0.25, -0.2) is 4.79 Å². The van der Waals surface area contributed by atoms with Crippen LogP contribution in [0.2, 0.25) is 5.02 Å². The predicted octanol–water partition coefficient (Wildman–Crippen LogP) is 7.00. The van der Waals surface area contributed by atoms with E-state index in [1.807, 2.05) is 31.4 Å². The van der Waals surface area contributed by atoms with Crippen molar-refractivity contribution in [2.45, 2.75) is 62.9 Å². The monoisotopic (exact) mass is 549 g/mol. The van der Waals surface area contributed by atoms with Crippen molar-refractivity contribution >= 4 is 23.3 Å². The highest BCUT2D eigenvalue weighted by Crippen LogP contribution is 2.48. The van der Waals surface area contributed by atoms with Gasteiger partial charge in [0.05, 0.1) is 31.1 Å². The van der Waals surface area contributed by atoms with Crippen LogP contribution < -0.4 is 9.64 Å². The first-order valence-electron chi connectivity index (χ1n) is 14.6. The van der Waals surface area contributed by atoms with Gasteiger partial charge in [-0.1, -0.05) is 29.8 Å². The molecule has 1 saturated carbocycles. The van der Waals surface area contributed by atoms with E-state index in [2.05, 4.69) is 29.2 Å². The van der Waals surface area contributed by atoms with E-state index in [1.54, 1.807) is 0 Å². The Balaban J connectivity index is 1.35. The molecule has 3 aliphatic carbocycles. The number of ether oxygens (including phenoxy) is 3. The average molecular weight is 550 g/mol. The number of fused-ring (bicyclic) bond motifs is 3. The highest BCUT2D eigenvalue weighted by molar-refractivity contribution is 6.30. The molecule has 2 aromatic carbocycles. The minimum absolute atomic E-state index is 0.130. The van der Waals surface area contributed by atoms with E-state index in [0.717, 1.165) is 48.8 Å². The molecule has 208 valence electrons. The molecule has 6 heteroatoms. The van der Waals surface area contributed by atoms with Crippen LogP contribution >= 0.6 is 11.6 Å². The number of hydrogen-bond acceptors (Lipinski definition) is 5. The number of carbonyl (C=O) groups is 1. The first-order valence-corrected chi connectivity index (χ1v) is 15.0. The SMILES string of the molecule is COC(=O)c1ccc2c(c1)N(C[C@@H]1CC[C@H]1C(OC)[C@@H]1C=CCCC1)C[C@@]1(CCCc3cc(Cl)ccc31)CO2. The second-order valence-electron chi connectivity index (χ2n) is 12.0. The van der Waals surface area contributed by atoms with Crippen molar-refractivity contribution in [3.8, 4) is 5.75 Å². The van der Waals surface area contributed by atoms with Crippen LogP contribution in [0.3, 0.4) is 0 Å². The van der Waals surface area contributed by atoms with Crippen LogP contribution in [0, 0.1) is 17.8 Å². The summed E-state index contributed by atoms with van der Waals surface area (Å²) < 4.78 is 17.8. The molecule has 1 aliphatic heterocycles. The maximum absolute atomic E-state index is 12.5. The zero-order valence-corrected chi connectivity index (χ0v) is 23.9. The van der Waals surface area contributed by atoms with Crippen molar-refractivity contribution in [1.82, 2.24) is 0 Å². The number of methoxy groups -OCH3 is 2. The number of anilines is 1. The lowest BCUT2D eigenvalue weighted by Gasteiger charge is -2.47. The normalized spacial score (nSPS) is 28.5. The number of carbonyl (C=O) groups excluding carboxylic acids is 1. The van der Waals surface area contributed by atoms with Gasteiger partial charge in [-0.2, -0.15) is 0 Å². The summed E-state index contributed by atoms with van der Waals surface area (Å²) in [6.45, 7) is 2.39. The lowest BCUT2D eigenvalue weighted by atomic mass is 9.66. The van der Waals surface area contributed by atoms with E-state index < -0.39 is 0 Å². The number of esters is 1. The van der Waals surface area contributed by atoms with Crippen molar-refractivity contribution in [3.63, 3.8) is 0 Å². The summed E-state index contributed by atoms with van der Waals surface area (Å²) in [7, 11) is 3.32. The van der Waals surface area contributed by atoms with E-state index in [0.29, 0.717) is 29.9 Å². The molecule has 0 aromatic heterocycles. The Morgan fingerprint density at radius 2 is 2.05 bits per heavy atom. The zero-order chi connectivity index (χ0) is 27.0. The van der Waals surface area contributed by atoms with Gasteiger partial charge in [0, 0.05) is 36.6 Å². The molecule has 39 heavy (non-hydrogen) atoms. The largest absolute Gasteiger partial charge is 0.490 e. The van der Waals surface area contributed by atoms with E-state index in [-0.39, 0.29) is 17.5 Å². The van der Waals surface area contributed by atoms with Crippen LogP contribution in [-0.2, 0) is 21.3 Å². The quantitative estimate of drug-likeness (QED) is 0.287. The average Bonchev–Trinajstić information content (AvgIpc) is 3.10. The summed E-state index contributed by atoms with van der Waals surface area (Å²) in [5.74, 6) is 2.09. The molecular weight excluding hydrogens is 510 g/mol. The third kappa shape index (κ3) is 5.09. The third-order valence-electron chi connectivity index (χ3n) is 9.80. The topological polar surface area (TPSA) is 48.0 Å². The van der Waals surface area contributed by atoms with Crippen molar-refractivity contribution in [3.05, 3.63) is 70.3 Å². The highest BCUT2D eigenvalue weighted by atomic mass is 35.5. The standard InChI is InChI=1S/C33H40ClNO4/c1-37-31(22-7-4-3-5-8-22)27-13-10-25(27)19-35-20-33(16-6-9-23-17-26(34)12-14-28(23)33)21-39-30-15-11-24(18-29(30)35)32(36)38-2/h4,7,11-12,14-15,17-18,22,25,27,31H,3,5-6,8-10,13,16,19-21H2,1-2H3/t22-,25+,27-,31?,33+/m1/s1. The Labute approximate surface area is 237 Å². The zero-order valence-electron chi connectivity index (χ0n) is 23.2. The fourth-order valence-corrected chi connectivity index (χ4v) is 7.87. The summed E-state index contributed by atoms with van der Waals surface area (Å²) in [4.78, 5) is 15.0. The number of hydrogen-bond donors (Lipinski definition) is 0. The first kappa shape index (κ1) is 26.7. The van der Waals surface area contributed by atoms with Gasteiger partial charge in [0.2, 0.25) is 0 Å². The number of aryl methyl sites for hydroxylation is 1. The molecule has 1 unspecified atom stereocenters. The molecule has 4 aliphatic rings. The van der Waals surface area contributed by atoms with Crippen LogP contribution in [0.25, 0.3) is 0 Å². The molecule has 0 N–H and O–H groups in total. The number of allylic oxidation sites excluding steroid dienone is 1. The van der Waals surface area contributed by atoms with E-state index in [1.165, 1.54) is 50.3 Å². The number of halogens is 1. The predicted molar refractivity (Wildman–Crippen MR) is 155 cm³/mol. The van der Waals surface area contributed by atoms with Gasteiger partial charge in [-0.15, -0.1) is 0 Å². The van der Waals surface area contributed by atoms with Crippen LogP contribution in [0.5, 0.6) is 5.75 Å². The lowest BCUT2D eigenvalue weighted by molar-refractivity contribution is -0.0426. The van der Waals surface area contributed by atoms with Gasteiger partial charge in [0.15, 0.2) is 0 Å². The molecule has 1 spiro atoms. The molecule has 5 atom stereocenters. The Morgan fingerprint density at radius 3 is 2.79 bits per heavy atom. The molecule has 2 aromatic rings. The van der Waals surface area contributed by atoms with Gasteiger partial charge in [-0.05, 0) is 105 Å². The molecule has 0 amide bonds. The van der Waals surface area contributed by atoms with Gasteiger partial charge in [-0.3, -0.25) is 0 Å². The smallest absolute Gasteiger partial charge is 0.337 e. The van der Waals surface area contributed by atoms with Gasteiger partial charge < -0.3 is 19.1 Å². The van der Waals surface area contributed by atoms with Gasteiger partial charge >= 0.3 is 5.97 Å². The highest BCUT2D eigenvalue weighted by Gasteiger charge is 2.45. The molecule has 1 fully saturated rings. The lowest BCUT2D eigenvalue weighted by Crippen LogP contribution is -2.50. The van der Waals surface area contributed by atoms with Crippen molar-refractivity contribution in [2.24, 2.45) is 17.8 Å². The maximum Gasteiger partial charge on any atom is 0.337 e. The fraction of sp³-hybridized carbons (Fsp3) is 0.545. The molecule has 6 rings (SSSR count). The summed E-state index contributed by atoms with van der Waals surface area (Å²) in [6, 6.07) is 12.1. The maximum atomic E-state index is 12.5. The second kappa shape index (κ2) is 11.2. The Hall–Kier alpha value is -2.50. The van der Waals surface area contributed by atoms with E-state index in [4.69, 9.17) is 25.8 Å². The van der Waals surface area contributed by atoms with Crippen LogP contribution in [0.1, 0.15) is 66.4 Å². The number of nitrogens with zero attached hydrogens (tertiary/aromatic N) is 1. The molecular formula is C33H40ClNO4. The third-order valence-corrected chi connectivity index (χ3v) is 10.0. The minimum Gasteiger partial charge on any atom is -0.490 e. The Morgan fingerprint density at radius 1 is 1.15 bits per heavy atom. The summed E-state index contributed by atoms with van der Waals surface area (Å²) in [6.07, 6.45) is 14.3. The van der Waals surface area contributed by atoms with E-state index in [9.17, 15) is 4.79 Å². The fourth-order valence-electron chi connectivity index (χ4n) is 7.68. The van der Waals surface area contributed by atoms with Crippen molar-refractivity contribution < 1.29 is 19.0 Å². The summed E-state index contributed by atoms with van der Waals surface area (Å²) in [5, 5.41) is 0.794. The Kier molecular flexibility index (Phi) is 7.65. The minimum atomic E-state index is -0.320. The number of rotatable bonds is 6. The van der Waals surface area contributed by atoms with Crippen LogP contribution in [0.4, 0.5) is 5.69 Å². The van der Waals surface area contributed by atoms with E-state index >= 15 is 0 Å². The van der Waals surface area contributed by atoms with Crippen LogP contribution in [0.15, 0.2) is 48.6 Å². The second-order valence-corrected chi connectivity index (χ2v) is 12.4. The first-order chi connectivity index (χ1) is 19.0. The number of benzene rings is 2. The van der Waals surface area contributed by atoms with Gasteiger partial charge in [0.25, 0.3) is 0 Å². The Bertz CT molecular complexity index is 1240. The van der Waals surface area contributed by atoms with Gasteiger partial charge in [0.1, 0.15) is 5.75 Å².